The molecule has 1 aliphatic carbocycles. The monoisotopic (exact) mass is 431 g/mol. The minimum absolute atomic E-state index is 0.0310. The van der Waals surface area contributed by atoms with Crippen molar-refractivity contribution in [3.63, 3.8) is 0 Å². The van der Waals surface area contributed by atoms with Gasteiger partial charge < -0.3 is 15.4 Å². The van der Waals surface area contributed by atoms with Crippen LogP contribution in [0.4, 0.5) is 17.6 Å². The summed E-state index contributed by atoms with van der Waals surface area (Å²) in [5.74, 6) is -0.926. The highest BCUT2D eigenvalue weighted by atomic mass is 19.4. The number of ether oxygens (including phenoxy) is 1. The van der Waals surface area contributed by atoms with Gasteiger partial charge >= 0.3 is 6.18 Å². The van der Waals surface area contributed by atoms with Gasteiger partial charge in [-0.05, 0) is 63.5 Å². The van der Waals surface area contributed by atoms with E-state index in [2.05, 4.69) is 15.6 Å². The predicted octanol–water partition coefficient (Wildman–Crippen LogP) is 3.79. The normalized spacial score (nSPS) is 24.4. The largest absolute Gasteiger partial charge is 0.418 e. The van der Waals surface area contributed by atoms with Crippen molar-refractivity contribution >= 4 is 5.91 Å². The van der Waals surface area contributed by atoms with Gasteiger partial charge in [0.05, 0.1) is 17.5 Å². The molecule has 2 aliphatic rings. The molecular formula is C21H29F4N3O2. The molecule has 1 amide bonds. The van der Waals surface area contributed by atoms with Crippen molar-refractivity contribution in [2.24, 2.45) is 5.92 Å². The van der Waals surface area contributed by atoms with E-state index in [4.69, 9.17) is 4.74 Å². The molecule has 2 fully saturated rings. The molecule has 2 N–H and O–H groups in total. The van der Waals surface area contributed by atoms with E-state index in [9.17, 15) is 22.4 Å². The Balaban J connectivity index is 1.54. The Hall–Kier alpha value is -1.74. The van der Waals surface area contributed by atoms with Crippen molar-refractivity contribution in [3.8, 4) is 0 Å². The van der Waals surface area contributed by atoms with Crippen LogP contribution in [0, 0.1) is 11.7 Å². The molecule has 1 aromatic rings. The number of pyridine rings is 1. The third-order valence-corrected chi connectivity index (χ3v) is 6.45. The molecule has 168 valence electrons. The number of nitrogens with zero attached hydrogens (tertiary/aromatic N) is 1. The summed E-state index contributed by atoms with van der Waals surface area (Å²) >= 11 is 0. The average Bonchev–Trinajstić information content (AvgIpc) is 2.74. The topological polar surface area (TPSA) is 63.2 Å². The number of alkyl halides is 3. The Morgan fingerprint density at radius 3 is 2.50 bits per heavy atom. The van der Waals surface area contributed by atoms with Crippen molar-refractivity contribution in [2.75, 3.05) is 26.8 Å². The molecule has 0 bridgehead atoms. The molecule has 9 heteroatoms. The molecule has 1 aromatic heterocycles. The Morgan fingerprint density at radius 2 is 1.90 bits per heavy atom. The molecule has 0 spiro atoms. The fraction of sp³-hybridized carbons (Fsp3) is 0.714. The molecule has 0 radical (unpaired) electrons. The fourth-order valence-electron chi connectivity index (χ4n) is 4.69. The number of likely N-dealkylation sites (N-methyl/N-ethyl adjacent to an activating group) is 1. The van der Waals surface area contributed by atoms with Crippen LogP contribution in [0.5, 0.6) is 0 Å². The summed E-state index contributed by atoms with van der Waals surface area (Å²) in [6.45, 7) is 1.75. The Morgan fingerprint density at radius 1 is 1.23 bits per heavy atom. The number of nitrogens with one attached hydrogen (secondary N) is 2. The molecule has 0 aromatic carbocycles. The minimum Gasteiger partial charge on any atom is -0.381 e. The summed E-state index contributed by atoms with van der Waals surface area (Å²) in [6.07, 6.45) is 1.13. The second-order valence-electron chi connectivity index (χ2n) is 8.29. The van der Waals surface area contributed by atoms with Crippen LogP contribution in [0.3, 0.4) is 0 Å². The van der Waals surface area contributed by atoms with E-state index in [0.717, 1.165) is 25.5 Å². The zero-order chi connectivity index (χ0) is 21.8. The number of hydrogen-bond acceptors (Lipinski definition) is 4. The molecule has 30 heavy (non-hydrogen) atoms. The lowest BCUT2D eigenvalue weighted by atomic mass is 9.78. The highest BCUT2D eigenvalue weighted by molar-refractivity contribution is 5.86. The van der Waals surface area contributed by atoms with Gasteiger partial charge in [-0.2, -0.15) is 13.2 Å². The zero-order valence-corrected chi connectivity index (χ0v) is 17.2. The highest BCUT2D eigenvalue weighted by Gasteiger charge is 2.40. The van der Waals surface area contributed by atoms with Gasteiger partial charge in [-0.15, -0.1) is 0 Å². The number of halogens is 4. The summed E-state index contributed by atoms with van der Waals surface area (Å²) in [5.41, 5.74) is -1.61. The summed E-state index contributed by atoms with van der Waals surface area (Å²) in [4.78, 5) is 16.1. The van der Waals surface area contributed by atoms with Crippen molar-refractivity contribution in [2.45, 2.75) is 62.6 Å². The third-order valence-electron chi connectivity index (χ3n) is 6.45. The second-order valence-corrected chi connectivity index (χ2v) is 8.29. The smallest absolute Gasteiger partial charge is 0.381 e. The first-order chi connectivity index (χ1) is 14.2. The lowest BCUT2D eigenvalue weighted by Crippen LogP contribution is -2.59. The average molecular weight is 431 g/mol. The van der Waals surface area contributed by atoms with Crippen LogP contribution >= 0.6 is 0 Å². The van der Waals surface area contributed by atoms with Crippen LogP contribution in [0.1, 0.15) is 62.1 Å². The van der Waals surface area contributed by atoms with Gasteiger partial charge in [0.1, 0.15) is 11.4 Å². The quantitative estimate of drug-likeness (QED) is 0.673. The molecule has 2 heterocycles. The first-order valence-corrected chi connectivity index (χ1v) is 10.5. The van der Waals surface area contributed by atoms with Crippen molar-refractivity contribution < 1.29 is 27.1 Å². The first kappa shape index (κ1) is 22.9. The van der Waals surface area contributed by atoms with Gasteiger partial charge in [-0.3, -0.25) is 9.78 Å². The van der Waals surface area contributed by atoms with Crippen molar-refractivity contribution in [1.29, 1.82) is 0 Å². The predicted molar refractivity (Wildman–Crippen MR) is 103 cm³/mol. The zero-order valence-electron chi connectivity index (χ0n) is 17.2. The maximum Gasteiger partial charge on any atom is 0.418 e. The maximum atomic E-state index is 13.3. The van der Waals surface area contributed by atoms with Gasteiger partial charge in [0.15, 0.2) is 0 Å². The highest BCUT2D eigenvalue weighted by Crippen LogP contribution is 2.41. The number of carbonyl (C=O) groups is 1. The van der Waals surface area contributed by atoms with Crippen LogP contribution < -0.4 is 10.6 Å². The van der Waals surface area contributed by atoms with Gasteiger partial charge in [-0.1, -0.05) is 0 Å². The molecule has 1 aliphatic heterocycles. The number of amides is 1. The number of rotatable bonds is 6. The minimum atomic E-state index is -4.61. The van der Waals surface area contributed by atoms with E-state index in [1.165, 1.54) is 0 Å². The molecule has 1 saturated heterocycles. The van der Waals surface area contributed by atoms with E-state index in [1.807, 2.05) is 0 Å². The lowest BCUT2D eigenvalue weighted by molar-refractivity contribution is -0.139. The van der Waals surface area contributed by atoms with Crippen LogP contribution in [-0.4, -0.2) is 43.2 Å². The Kier molecular flexibility index (Phi) is 7.34. The fourth-order valence-corrected chi connectivity index (χ4v) is 4.69. The van der Waals surface area contributed by atoms with Crippen molar-refractivity contribution in [1.82, 2.24) is 15.6 Å². The van der Waals surface area contributed by atoms with Gasteiger partial charge in [0, 0.05) is 26.2 Å². The first-order valence-electron chi connectivity index (χ1n) is 10.5. The van der Waals surface area contributed by atoms with Gasteiger partial charge in [0.25, 0.3) is 0 Å². The van der Waals surface area contributed by atoms with Crippen LogP contribution in [-0.2, 0) is 15.7 Å². The third kappa shape index (κ3) is 5.29. The van der Waals surface area contributed by atoms with Crippen LogP contribution in [0.15, 0.2) is 12.3 Å². The maximum absolute atomic E-state index is 13.3. The SMILES string of the molecule is CNC(=O)C1(NCC[C@H]2CC[C@H](c3ncc(F)cc3C(F)(F)F)CC2)CCOCC1. The lowest BCUT2D eigenvalue weighted by Gasteiger charge is -2.37. The summed E-state index contributed by atoms with van der Waals surface area (Å²) in [7, 11) is 1.63. The molecule has 3 rings (SSSR count). The van der Waals surface area contributed by atoms with Crippen LogP contribution in [0.2, 0.25) is 0 Å². The second kappa shape index (κ2) is 9.60. The Labute approximate surface area is 174 Å². The molecule has 0 unspecified atom stereocenters. The number of hydrogen-bond donors (Lipinski definition) is 2. The number of aromatic nitrogens is 1. The molecule has 0 atom stereocenters. The van der Waals surface area contributed by atoms with Crippen LogP contribution in [0.25, 0.3) is 0 Å². The van der Waals surface area contributed by atoms with E-state index in [1.54, 1.807) is 7.05 Å². The Bertz CT molecular complexity index is 727. The summed E-state index contributed by atoms with van der Waals surface area (Å²) in [6, 6.07) is 0.546. The van der Waals surface area contributed by atoms with E-state index >= 15 is 0 Å². The van der Waals surface area contributed by atoms with Crippen molar-refractivity contribution in [3.05, 3.63) is 29.3 Å². The molecule has 5 nitrogen and oxygen atoms in total. The van der Waals surface area contributed by atoms with E-state index < -0.39 is 23.1 Å². The van der Waals surface area contributed by atoms with E-state index in [-0.39, 0.29) is 17.5 Å². The standard InChI is InChI=1S/C21H29F4N3O2/c1-26-19(29)20(7-10-30-11-8-20)28-9-6-14-2-4-15(5-3-14)18-17(21(23,24)25)12-16(22)13-27-18/h12-15,28H,2-11H2,1H3,(H,26,29)/t14-,15-. The summed E-state index contributed by atoms with van der Waals surface area (Å²) < 4.78 is 58.5. The summed E-state index contributed by atoms with van der Waals surface area (Å²) in [5, 5.41) is 6.14. The van der Waals surface area contributed by atoms with E-state index in [0.29, 0.717) is 57.4 Å². The number of carbonyl (C=O) groups excluding carboxylic acids is 1. The molecular weight excluding hydrogens is 402 g/mol. The molecule has 1 saturated carbocycles. The van der Waals surface area contributed by atoms with Gasteiger partial charge in [0.2, 0.25) is 5.91 Å². The van der Waals surface area contributed by atoms with Gasteiger partial charge in [-0.25, -0.2) is 4.39 Å².